The molecule has 0 bridgehead atoms. The van der Waals surface area contributed by atoms with Crippen molar-refractivity contribution in [1.82, 2.24) is 19.8 Å². The molecule has 2 aromatic rings. The summed E-state index contributed by atoms with van der Waals surface area (Å²) < 4.78 is 15.0. The predicted molar refractivity (Wildman–Crippen MR) is 142 cm³/mol. The van der Waals surface area contributed by atoms with Crippen LogP contribution >= 0.6 is 0 Å². The zero-order chi connectivity index (χ0) is 26.3. The standard InChI is InChI=1S/C27H36FN7O2/c1-5-20(6-2)35-23-18(16-27(25(35)37)9-10-33(4)24(27)36)17-29-26(31-23)30-19-7-8-22(21(28)15-19)34-13-11-32(3)12-14-34/h7-8,15,17,20H,5-6,9-14,16H2,1-4H3,(H,29,30,31). The van der Waals surface area contributed by atoms with E-state index >= 15 is 4.39 Å². The number of nitrogens with one attached hydrogen (secondary N) is 1. The number of fused-ring (bicyclic) bond motifs is 1. The van der Waals surface area contributed by atoms with Crippen molar-refractivity contribution in [3.63, 3.8) is 0 Å². The Morgan fingerprint density at radius 3 is 2.41 bits per heavy atom. The Hall–Kier alpha value is -3.27. The molecule has 1 spiro atoms. The number of aromatic nitrogens is 2. The summed E-state index contributed by atoms with van der Waals surface area (Å²) in [6.45, 7) is 8.01. The first-order valence-corrected chi connectivity index (χ1v) is 13.2. The Labute approximate surface area is 217 Å². The molecule has 1 atom stereocenters. The molecule has 2 fully saturated rings. The number of carbonyl (C=O) groups excluding carboxylic acids is 2. The third-order valence-electron chi connectivity index (χ3n) is 8.18. The van der Waals surface area contributed by atoms with Crippen LogP contribution < -0.4 is 15.1 Å². The first-order valence-electron chi connectivity index (χ1n) is 13.2. The summed E-state index contributed by atoms with van der Waals surface area (Å²) in [4.78, 5) is 43.9. The average Bonchev–Trinajstić information content (AvgIpc) is 3.17. The van der Waals surface area contributed by atoms with Crippen LogP contribution in [-0.2, 0) is 16.0 Å². The molecule has 0 radical (unpaired) electrons. The van der Waals surface area contributed by atoms with Crippen LogP contribution in [0.3, 0.4) is 0 Å². The third-order valence-corrected chi connectivity index (χ3v) is 8.18. The van der Waals surface area contributed by atoms with E-state index in [1.54, 1.807) is 29.1 Å². The first-order chi connectivity index (χ1) is 17.8. The molecule has 1 unspecified atom stereocenters. The van der Waals surface area contributed by atoms with E-state index in [0.29, 0.717) is 42.5 Å². The number of amides is 2. The van der Waals surface area contributed by atoms with Crippen molar-refractivity contribution in [2.75, 3.05) is 61.9 Å². The van der Waals surface area contributed by atoms with Crippen LogP contribution in [0.4, 0.5) is 27.5 Å². The van der Waals surface area contributed by atoms with E-state index < -0.39 is 5.41 Å². The molecule has 1 N–H and O–H groups in total. The van der Waals surface area contributed by atoms with Gasteiger partial charge in [0.15, 0.2) is 0 Å². The Morgan fingerprint density at radius 2 is 1.78 bits per heavy atom. The van der Waals surface area contributed by atoms with Crippen molar-refractivity contribution in [2.24, 2.45) is 5.41 Å². The zero-order valence-electron chi connectivity index (χ0n) is 22.1. The molecular weight excluding hydrogens is 473 g/mol. The van der Waals surface area contributed by atoms with Gasteiger partial charge in [0.05, 0.1) is 5.69 Å². The lowest BCUT2D eigenvalue weighted by Gasteiger charge is -2.41. The second-order valence-electron chi connectivity index (χ2n) is 10.5. The van der Waals surface area contributed by atoms with Crippen LogP contribution in [-0.4, -0.2) is 84.4 Å². The second-order valence-corrected chi connectivity index (χ2v) is 10.5. The van der Waals surface area contributed by atoms with E-state index in [4.69, 9.17) is 4.98 Å². The summed E-state index contributed by atoms with van der Waals surface area (Å²) in [5.41, 5.74) is 0.838. The van der Waals surface area contributed by atoms with E-state index in [2.05, 4.69) is 27.1 Å². The van der Waals surface area contributed by atoms with Gasteiger partial charge in [-0.3, -0.25) is 14.5 Å². The summed E-state index contributed by atoms with van der Waals surface area (Å²) in [5, 5.41) is 3.12. The fraction of sp³-hybridized carbons (Fsp3) is 0.556. The summed E-state index contributed by atoms with van der Waals surface area (Å²) in [5.74, 6) is 0.235. The zero-order valence-corrected chi connectivity index (χ0v) is 22.1. The number of halogens is 1. The molecule has 1 aromatic heterocycles. The number of piperazine rings is 1. The number of rotatable bonds is 6. The number of likely N-dealkylation sites (N-methyl/N-ethyl adjacent to an activating group) is 1. The van der Waals surface area contributed by atoms with Gasteiger partial charge in [-0.1, -0.05) is 13.8 Å². The number of carbonyl (C=O) groups is 2. The lowest BCUT2D eigenvalue weighted by atomic mass is 9.76. The van der Waals surface area contributed by atoms with Crippen molar-refractivity contribution in [3.8, 4) is 0 Å². The van der Waals surface area contributed by atoms with Gasteiger partial charge in [0.25, 0.3) is 0 Å². The van der Waals surface area contributed by atoms with Gasteiger partial charge in [-0.05, 0) is 44.5 Å². The highest BCUT2D eigenvalue weighted by Crippen LogP contribution is 2.45. The van der Waals surface area contributed by atoms with Gasteiger partial charge in [-0.2, -0.15) is 4.98 Å². The minimum absolute atomic E-state index is 0.0785. The summed E-state index contributed by atoms with van der Waals surface area (Å²) in [7, 11) is 3.82. The minimum atomic E-state index is -1.08. The molecule has 10 heteroatoms. The maximum Gasteiger partial charge on any atom is 0.244 e. The molecule has 5 rings (SSSR count). The number of anilines is 4. The van der Waals surface area contributed by atoms with Gasteiger partial charge in [-0.15, -0.1) is 0 Å². The van der Waals surface area contributed by atoms with Gasteiger partial charge in [0.2, 0.25) is 17.8 Å². The van der Waals surface area contributed by atoms with E-state index in [1.165, 1.54) is 6.07 Å². The molecule has 198 valence electrons. The average molecular weight is 510 g/mol. The number of nitrogens with zero attached hydrogens (tertiary/aromatic N) is 6. The van der Waals surface area contributed by atoms with Gasteiger partial charge in [-0.25, -0.2) is 9.37 Å². The van der Waals surface area contributed by atoms with Crippen LogP contribution in [0.25, 0.3) is 0 Å². The van der Waals surface area contributed by atoms with Gasteiger partial charge in [0.1, 0.15) is 17.1 Å². The van der Waals surface area contributed by atoms with Crippen LogP contribution in [0.15, 0.2) is 24.4 Å². The Morgan fingerprint density at radius 1 is 1.05 bits per heavy atom. The van der Waals surface area contributed by atoms with Crippen molar-refractivity contribution >= 4 is 35.0 Å². The van der Waals surface area contributed by atoms with E-state index in [0.717, 1.165) is 44.6 Å². The number of hydrogen-bond donors (Lipinski definition) is 1. The van der Waals surface area contributed by atoms with Crippen LogP contribution in [0, 0.1) is 11.2 Å². The molecule has 2 saturated heterocycles. The molecule has 3 aliphatic heterocycles. The molecule has 37 heavy (non-hydrogen) atoms. The second kappa shape index (κ2) is 9.89. The van der Waals surface area contributed by atoms with Crippen molar-refractivity contribution in [3.05, 3.63) is 35.8 Å². The lowest BCUT2D eigenvalue weighted by molar-refractivity contribution is -0.144. The Kier molecular flexibility index (Phi) is 6.78. The molecule has 1 aromatic carbocycles. The van der Waals surface area contributed by atoms with Crippen LogP contribution in [0.5, 0.6) is 0 Å². The van der Waals surface area contributed by atoms with Crippen molar-refractivity contribution in [2.45, 2.75) is 45.6 Å². The molecule has 0 saturated carbocycles. The van der Waals surface area contributed by atoms with E-state index in [-0.39, 0.29) is 23.7 Å². The number of hydrogen-bond acceptors (Lipinski definition) is 7. The molecule has 3 aliphatic rings. The molecule has 9 nitrogen and oxygen atoms in total. The first kappa shape index (κ1) is 25.4. The van der Waals surface area contributed by atoms with Gasteiger partial charge in [0, 0.05) is 69.7 Å². The molecular formula is C27H36FN7O2. The normalized spacial score (nSPS) is 22.4. The van der Waals surface area contributed by atoms with Gasteiger partial charge < -0.3 is 20.0 Å². The fourth-order valence-corrected chi connectivity index (χ4v) is 5.82. The topological polar surface area (TPSA) is 84.9 Å². The van der Waals surface area contributed by atoms with E-state index in [9.17, 15) is 9.59 Å². The molecule has 0 aliphatic carbocycles. The Balaban J connectivity index is 1.43. The van der Waals surface area contributed by atoms with Gasteiger partial charge >= 0.3 is 0 Å². The quantitative estimate of drug-likeness (QED) is 0.599. The molecule has 2 amide bonds. The van der Waals surface area contributed by atoms with Crippen molar-refractivity contribution in [1.29, 1.82) is 0 Å². The summed E-state index contributed by atoms with van der Waals surface area (Å²) in [6, 6.07) is 4.99. The highest BCUT2D eigenvalue weighted by Gasteiger charge is 2.57. The maximum atomic E-state index is 15.0. The van der Waals surface area contributed by atoms with Crippen LogP contribution in [0.2, 0.25) is 0 Å². The smallest absolute Gasteiger partial charge is 0.244 e. The highest BCUT2D eigenvalue weighted by atomic mass is 19.1. The summed E-state index contributed by atoms with van der Waals surface area (Å²) >= 11 is 0. The maximum absolute atomic E-state index is 15.0. The largest absolute Gasteiger partial charge is 0.367 e. The number of likely N-dealkylation sites (tertiary alicyclic amines) is 1. The SMILES string of the molecule is CCC(CC)N1C(=O)C2(CCN(C)C2=O)Cc2cnc(Nc3ccc(N4CCN(C)CC4)c(F)c3)nc21. The summed E-state index contributed by atoms with van der Waals surface area (Å²) in [6.07, 6.45) is 3.99. The van der Waals surface area contributed by atoms with Crippen LogP contribution in [0.1, 0.15) is 38.7 Å². The Bertz CT molecular complexity index is 1200. The lowest BCUT2D eigenvalue weighted by Crippen LogP contribution is -2.56. The number of benzene rings is 1. The predicted octanol–water partition coefficient (Wildman–Crippen LogP) is 3.04. The third kappa shape index (κ3) is 4.41. The monoisotopic (exact) mass is 509 g/mol. The highest BCUT2D eigenvalue weighted by molar-refractivity contribution is 6.14. The van der Waals surface area contributed by atoms with E-state index in [1.807, 2.05) is 19.9 Å². The van der Waals surface area contributed by atoms with Crippen molar-refractivity contribution < 1.29 is 14.0 Å². The fourth-order valence-electron chi connectivity index (χ4n) is 5.82. The molecule has 4 heterocycles. The minimum Gasteiger partial charge on any atom is -0.367 e.